The number of aromatic nitrogens is 1. The van der Waals surface area contributed by atoms with Crippen molar-refractivity contribution in [3.05, 3.63) is 29.8 Å². The summed E-state index contributed by atoms with van der Waals surface area (Å²) in [7, 11) is 2.92. The number of hydrogen-bond acceptors (Lipinski definition) is 4. The Balaban J connectivity index is 2.52. The molecule has 1 aromatic heterocycles. The van der Waals surface area contributed by atoms with Crippen molar-refractivity contribution in [3.8, 4) is 0 Å². The summed E-state index contributed by atoms with van der Waals surface area (Å²) in [6.07, 6.45) is 1.79. The predicted octanol–water partition coefficient (Wildman–Crippen LogP) is 0.569. The summed E-state index contributed by atoms with van der Waals surface area (Å²) < 4.78 is 22.5. The van der Waals surface area contributed by atoms with Gasteiger partial charge in [-0.2, -0.15) is 0 Å². The van der Waals surface area contributed by atoms with Crippen LogP contribution in [0.1, 0.15) is 10.4 Å². The quantitative estimate of drug-likeness (QED) is 0.748. The first-order valence-corrected chi connectivity index (χ1v) is 4.61. The molecule has 1 aromatic rings. The summed E-state index contributed by atoms with van der Waals surface area (Å²) in [6, 6.07) is 1.11. The van der Waals surface area contributed by atoms with Gasteiger partial charge in [0.25, 0.3) is 5.91 Å². The van der Waals surface area contributed by atoms with Crippen molar-refractivity contribution < 1.29 is 18.7 Å². The molecule has 0 aromatic carbocycles. The molecule has 1 amide bonds. The first-order valence-electron chi connectivity index (χ1n) is 4.61. The Labute approximate surface area is 92.6 Å². The Kier molecular flexibility index (Phi) is 4.81. The number of rotatable bonds is 5. The second kappa shape index (κ2) is 6.14. The maximum atomic E-state index is 12.8. The van der Waals surface area contributed by atoms with Gasteiger partial charge in [0.1, 0.15) is 5.82 Å². The highest BCUT2D eigenvalue weighted by atomic mass is 19.1. The Bertz CT molecular complexity index is 356. The van der Waals surface area contributed by atoms with Crippen LogP contribution < -0.4 is 5.32 Å². The lowest BCUT2D eigenvalue weighted by Crippen LogP contribution is -2.34. The van der Waals surface area contributed by atoms with Gasteiger partial charge in [0, 0.05) is 20.4 Å². The number of carbonyl (C=O) groups is 1. The van der Waals surface area contributed by atoms with Crippen LogP contribution in [0.25, 0.3) is 0 Å². The summed E-state index contributed by atoms with van der Waals surface area (Å²) >= 11 is 0. The molecule has 16 heavy (non-hydrogen) atoms. The second-order valence-corrected chi connectivity index (χ2v) is 3.00. The van der Waals surface area contributed by atoms with Gasteiger partial charge in [-0.05, 0) is 6.07 Å². The van der Waals surface area contributed by atoms with Gasteiger partial charge >= 0.3 is 0 Å². The van der Waals surface area contributed by atoms with Crippen LogP contribution in [0.5, 0.6) is 0 Å². The molecule has 6 heteroatoms. The van der Waals surface area contributed by atoms with E-state index in [2.05, 4.69) is 10.3 Å². The van der Waals surface area contributed by atoms with Crippen LogP contribution in [-0.4, -0.2) is 37.9 Å². The smallest absolute Gasteiger partial charge is 0.253 e. The van der Waals surface area contributed by atoms with E-state index in [9.17, 15) is 9.18 Å². The lowest BCUT2D eigenvalue weighted by molar-refractivity contribution is -0.0974. The van der Waals surface area contributed by atoms with E-state index in [0.29, 0.717) is 0 Å². The Hall–Kier alpha value is -1.53. The fraction of sp³-hybridized carbons (Fsp3) is 0.400. The standard InChI is InChI=1S/C10H13FN2O3/c1-15-9(16-2)6-13-10(14)7-3-8(11)5-12-4-7/h3-5,9H,6H2,1-2H3,(H,13,14). The molecule has 5 nitrogen and oxygen atoms in total. The van der Waals surface area contributed by atoms with E-state index < -0.39 is 18.0 Å². The van der Waals surface area contributed by atoms with E-state index >= 15 is 0 Å². The first-order chi connectivity index (χ1) is 7.67. The zero-order valence-electron chi connectivity index (χ0n) is 9.07. The summed E-state index contributed by atoms with van der Waals surface area (Å²) in [5.74, 6) is -0.978. The van der Waals surface area contributed by atoms with E-state index in [0.717, 1.165) is 12.3 Å². The van der Waals surface area contributed by atoms with Crippen LogP contribution >= 0.6 is 0 Å². The third kappa shape index (κ3) is 3.56. The molecule has 0 spiro atoms. The van der Waals surface area contributed by atoms with Gasteiger partial charge in [-0.3, -0.25) is 9.78 Å². The van der Waals surface area contributed by atoms with E-state index in [1.165, 1.54) is 20.4 Å². The number of halogens is 1. The van der Waals surface area contributed by atoms with Crippen LogP contribution in [0.4, 0.5) is 4.39 Å². The average Bonchev–Trinajstić information content (AvgIpc) is 2.30. The summed E-state index contributed by atoms with van der Waals surface area (Å²) in [6.45, 7) is 0.183. The van der Waals surface area contributed by atoms with Crippen molar-refractivity contribution >= 4 is 5.91 Å². The van der Waals surface area contributed by atoms with Crippen LogP contribution in [0, 0.1) is 5.82 Å². The lowest BCUT2D eigenvalue weighted by Gasteiger charge is -2.13. The molecule has 0 atom stereocenters. The fourth-order valence-electron chi connectivity index (χ4n) is 1.08. The van der Waals surface area contributed by atoms with Gasteiger partial charge in [-0.1, -0.05) is 0 Å². The lowest BCUT2D eigenvalue weighted by atomic mass is 10.2. The molecule has 0 unspecified atom stereocenters. The molecule has 1 heterocycles. The molecule has 88 valence electrons. The minimum absolute atomic E-state index is 0.158. The van der Waals surface area contributed by atoms with Crippen LogP contribution in [0.3, 0.4) is 0 Å². The molecule has 0 saturated heterocycles. The molecule has 0 aliphatic carbocycles. The largest absolute Gasteiger partial charge is 0.354 e. The van der Waals surface area contributed by atoms with Crippen LogP contribution in [0.15, 0.2) is 18.5 Å². The van der Waals surface area contributed by atoms with Gasteiger partial charge in [-0.25, -0.2) is 4.39 Å². The van der Waals surface area contributed by atoms with Gasteiger partial charge < -0.3 is 14.8 Å². The highest BCUT2D eigenvalue weighted by Gasteiger charge is 2.10. The van der Waals surface area contributed by atoms with E-state index in [4.69, 9.17) is 9.47 Å². The minimum Gasteiger partial charge on any atom is -0.354 e. The number of ether oxygens (including phenoxy) is 2. The molecule has 0 aliphatic rings. The SMILES string of the molecule is COC(CNC(=O)c1cncc(F)c1)OC. The Morgan fingerprint density at radius 3 is 2.75 bits per heavy atom. The molecule has 1 N–H and O–H groups in total. The minimum atomic E-state index is -0.553. The maximum Gasteiger partial charge on any atom is 0.253 e. The topological polar surface area (TPSA) is 60.5 Å². The molecular weight excluding hydrogens is 215 g/mol. The average molecular weight is 228 g/mol. The van der Waals surface area contributed by atoms with Gasteiger partial charge in [-0.15, -0.1) is 0 Å². The zero-order chi connectivity index (χ0) is 12.0. The maximum absolute atomic E-state index is 12.8. The van der Waals surface area contributed by atoms with Crippen molar-refractivity contribution in [2.75, 3.05) is 20.8 Å². The molecule has 0 fully saturated rings. The highest BCUT2D eigenvalue weighted by molar-refractivity contribution is 5.93. The molecule has 0 saturated carbocycles. The third-order valence-electron chi connectivity index (χ3n) is 1.92. The van der Waals surface area contributed by atoms with Gasteiger partial charge in [0.15, 0.2) is 6.29 Å². The van der Waals surface area contributed by atoms with Gasteiger partial charge in [0.2, 0.25) is 0 Å². The second-order valence-electron chi connectivity index (χ2n) is 3.00. The molecular formula is C10H13FN2O3. The number of pyridine rings is 1. The summed E-state index contributed by atoms with van der Waals surface area (Å²) in [5.41, 5.74) is 0.158. The highest BCUT2D eigenvalue weighted by Crippen LogP contribution is 2.00. The molecule has 0 aliphatic heterocycles. The van der Waals surface area contributed by atoms with Gasteiger partial charge in [0.05, 0.1) is 18.3 Å². The van der Waals surface area contributed by atoms with Crippen LogP contribution in [0.2, 0.25) is 0 Å². The molecule has 0 bridgehead atoms. The predicted molar refractivity (Wildman–Crippen MR) is 54.3 cm³/mol. The Morgan fingerprint density at radius 2 is 2.19 bits per heavy atom. The monoisotopic (exact) mass is 228 g/mol. The number of nitrogens with zero attached hydrogens (tertiary/aromatic N) is 1. The number of amides is 1. The zero-order valence-corrected chi connectivity index (χ0v) is 9.07. The summed E-state index contributed by atoms with van der Waals surface area (Å²) in [4.78, 5) is 15.1. The Morgan fingerprint density at radius 1 is 1.50 bits per heavy atom. The van der Waals surface area contributed by atoms with Crippen molar-refractivity contribution in [1.29, 1.82) is 0 Å². The molecule has 1 rings (SSSR count). The normalized spacial score (nSPS) is 10.5. The van der Waals surface area contributed by atoms with E-state index in [1.54, 1.807) is 0 Å². The van der Waals surface area contributed by atoms with Crippen molar-refractivity contribution in [3.63, 3.8) is 0 Å². The first kappa shape index (κ1) is 12.5. The fourth-order valence-corrected chi connectivity index (χ4v) is 1.08. The van der Waals surface area contributed by atoms with Crippen molar-refractivity contribution in [2.45, 2.75) is 6.29 Å². The number of nitrogens with one attached hydrogen (secondary N) is 1. The number of carbonyl (C=O) groups excluding carboxylic acids is 1. The summed E-state index contributed by atoms with van der Waals surface area (Å²) in [5, 5.41) is 2.53. The van der Waals surface area contributed by atoms with Crippen molar-refractivity contribution in [1.82, 2.24) is 10.3 Å². The van der Waals surface area contributed by atoms with E-state index in [1.807, 2.05) is 0 Å². The number of methoxy groups -OCH3 is 2. The van der Waals surface area contributed by atoms with Crippen molar-refractivity contribution in [2.24, 2.45) is 0 Å². The van der Waals surface area contributed by atoms with E-state index in [-0.39, 0.29) is 12.1 Å². The van der Waals surface area contributed by atoms with Crippen LogP contribution in [-0.2, 0) is 9.47 Å². The third-order valence-corrected chi connectivity index (χ3v) is 1.92. The number of hydrogen-bond donors (Lipinski definition) is 1. The molecule has 0 radical (unpaired) electrons.